The first-order valence-corrected chi connectivity index (χ1v) is 7.02. The summed E-state index contributed by atoms with van der Waals surface area (Å²) in [4.78, 5) is 23.1. The zero-order chi connectivity index (χ0) is 16.8. The number of halogens is 2. The number of nitrogens with one attached hydrogen (secondary N) is 2. The summed E-state index contributed by atoms with van der Waals surface area (Å²) in [5.41, 5.74) is 0.682. The van der Waals surface area contributed by atoms with E-state index >= 15 is 0 Å². The van der Waals surface area contributed by atoms with Crippen LogP contribution >= 0.6 is 0 Å². The highest BCUT2D eigenvalue weighted by atomic mass is 19.1. The Kier molecular flexibility index (Phi) is 5.54. The molecule has 1 amide bonds. The topological polar surface area (TPSA) is 58.2 Å². The predicted octanol–water partition coefficient (Wildman–Crippen LogP) is 2.90. The summed E-state index contributed by atoms with van der Waals surface area (Å²) in [6.07, 6.45) is 0. The number of Topliss-reactive ketones (excluding diaryl/α,β-unsaturated/α-hetero) is 1. The van der Waals surface area contributed by atoms with Gasteiger partial charge in [0.1, 0.15) is 11.6 Å². The Morgan fingerprint density at radius 1 is 1.04 bits per heavy atom. The second-order valence-corrected chi connectivity index (χ2v) is 4.99. The fraction of sp³-hybridized carbons (Fsp3) is 0.176. The molecule has 2 rings (SSSR count). The Morgan fingerprint density at radius 2 is 1.78 bits per heavy atom. The lowest BCUT2D eigenvalue weighted by molar-refractivity contribution is -0.115. The molecule has 0 unspecified atom stereocenters. The average molecular weight is 318 g/mol. The van der Waals surface area contributed by atoms with Gasteiger partial charge >= 0.3 is 0 Å². The number of rotatable bonds is 6. The largest absolute Gasteiger partial charge is 0.322 e. The molecule has 2 N–H and O–H groups in total. The molecule has 2 aromatic rings. The molecule has 0 bridgehead atoms. The second kappa shape index (κ2) is 7.60. The molecule has 0 fully saturated rings. The Balaban J connectivity index is 1.91. The Bertz CT molecular complexity index is 732. The van der Waals surface area contributed by atoms with Gasteiger partial charge < -0.3 is 10.6 Å². The van der Waals surface area contributed by atoms with Gasteiger partial charge in [-0.05, 0) is 31.2 Å². The third kappa shape index (κ3) is 4.69. The minimum absolute atomic E-state index is 0.0598. The number of carbonyl (C=O) groups excluding carboxylic acids is 2. The minimum Gasteiger partial charge on any atom is -0.322 e. The molecule has 0 aliphatic carbocycles. The second-order valence-electron chi connectivity index (χ2n) is 4.99. The number of ketones is 1. The molecule has 0 atom stereocenters. The van der Waals surface area contributed by atoms with E-state index in [-0.39, 0.29) is 30.4 Å². The van der Waals surface area contributed by atoms with Gasteiger partial charge in [0.05, 0.1) is 12.2 Å². The smallest absolute Gasteiger partial charge is 0.238 e. The molecule has 0 aliphatic heterocycles. The van der Waals surface area contributed by atoms with Crippen LogP contribution in [0.25, 0.3) is 0 Å². The van der Waals surface area contributed by atoms with Crippen molar-refractivity contribution >= 4 is 17.4 Å². The number of anilines is 1. The van der Waals surface area contributed by atoms with E-state index in [1.54, 1.807) is 18.2 Å². The monoisotopic (exact) mass is 318 g/mol. The van der Waals surface area contributed by atoms with Gasteiger partial charge in [-0.2, -0.15) is 0 Å². The van der Waals surface area contributed by atoms with Crippen LogP contribution in [0.1, 0.15) is 22.8 Å². The van der Waals surface area contributed by atoms with E-state index in [2.05, 4.69) is 10.6 Å². The molecule has 0 saturated heterocycles. The predicted molar refractivity (Wildman–Crippen MR) is 83.1 cm³/mol. The lowest BCUT2D eigenvalue weighted by Crippen LogP contribution is -2.28. The standard InChI is InChI=1S/C17H16F2N2O2/c1-11(22)12-6-7-15(19)16(8-12)21-17(23)10-20-9-13-4-2-3-5-14(13)18/h2-8,20H,9-10H2,1H3,(H,21,23). The van der Waals surface area contributed by atoms with Crippen LogP contribution in [0.3, 0.4) is 0 Å². The number of hydrogen-bond donors (Lipinski definition) is 2. The van der Waals surface area contributed by atoms with E-state index in [1.807, 2.05) is 0 Å². The number of amides is 1. The first-order chi connectivity index (χ1) is 11.0. The molecular weight excluding hydrogens is 302 g/mol. The van der Waals surface area contributed by atoms with E-state index in [4.69, 9.17) is 0 Å². The van der Waals surface area contributed by atoms with Crippen LogP contribution in [0.5, 0.6) is 0 Å². The summed E-state index contributed by atoms with van der Waals surface area (Å²) in [5, 5.41) is 5.16. The van der Waals surface area contributed by atoms with Gasteiger partial charge in [-0.3, -0.25) is 9.59 Å². The van der Waals surface area contributed by atoms with Gasteiger partial charge in [0.25, 0.3) is 0 Å². The Labute approximate surface area is 132 Å². The van der Waals surface area contributed by atoms with Crippen molar-refractivity contribution in [2.24, 2.45) is 0 Å². The molecule has 23 heavy (non-hydrogen) atoms. The van der Waals surface area contributed by atoms with Gasteiger partial charge in [-0.1, -0.05) is 18.2 Å². The third-order valence-electron chi connectivity index (χ3n) is 3.21. The highest BCUT2D eigenvalue weighted by Gasteiger charge is 2.10. The minimum atomic E-state index is -0.627. The first kappa shape index (κ1) is 16.8. The zero-order valence-corrected chi connectivity index (χ0v) is 12.5. The molecule has 4 nitrogen and oxygen atoms in total. The molecule has 120 valence electrons. The van der Waals surface area contributed by atoms with Gasteiger partial charge in [-0.25, -0.2) is 8.78 Å². The van der Waals surface area contributed by atoms with Crippen LogP contribution in [0.2, 0.25) is 0 Å². The van der Waals surface area contributed by atoms with E-state index in [0.29, 0.717) is 11.1 Å². The molecule has 6 heteroatoms. The zero-order valence-electron chi connectivity index (χ0n) is 12.5. The molecule has 0 aromatic heterocycles. The van der Waals surface area contributed by atoms with Crippen molar-refractivity contribution in [2.45, 2.75) is 13.5 Å². The lowest BCUT2D eigenvalue weighted by Gasteiger charge is -2.09. The van der Waals surface area contributed by atoms with Crippen LogP contribution in [0.15, 0.2) is 42.5 Å². The molecule has 2 aromatic carbocycles. The normalized spacial score (nSPS) is 10.4. The van der Waals surface area contributed by atoms with E-state index in [9.17, 15) is 18.4 Å². The fourth-order valence-electron chi connectivity index (χ4n) is 1.99. The summed E-state index contributed by atoms with van der Waals surface area (Å²) in [6.45, 7) is 1.42. The summed E-state index contributed by atoms with van der Waals surface area (Å²) < 4.78 is 27.0. The van der Waals surface area contributed by atoms with E-state index in [1.165, 1.54) is 25.1 Å². The Hall–Kier alpha value is -2.60. The van der Waals surface area contributed by atoms with Crippen molar-refractivity contribution in [3.05, 3.63) is 65.2 Å². The van der Waals surface area contributed by atoms with Gasteiger partial charge in [0.2, 0.25) is 5.91 Å². The summed E-state index contributed by atoms with van der Waals surface area (Å²) in [6, 6.07) is 9.98. The Morgan fingerprint density at radius 3 is 2.48 bits per heavy atom. The average Bonchev–Trinajstić information content (AvgIpc) is 2.51. The highest BCUT2D eigenvalue weighted by molar-refractivity contribution is 5.97. The van der Waals surface area contributed by atoms with Crippen molar-refractivity contribution in [1.29, 1.82) is 0 Å². The molecule has 0 radical (unpaired) electrons. The fourth-order valence-corrected chi connectivity index (χ4v) is 1.99. The van der Waals surface area contributed by atoms with Crippen molar-refractivity contribution in [3.63, 3.8) is 0 Å². The summed E-state index contributed by atoms with van der Waals surface area (Å²) >= 11 is 0. The maximum absolute atomic E-state index is 13.6. The van der Waals surface area contributed by atoms with Gasteiger partial charge in [-0.15, -0.1) is 0 Å². The SMILES string of the molecule is CC(=O)c1ccc(F)c(NC(=O)CNCc2ccccc2F)c1. The molecule has 0 saturated carbocycles. The lowest BCUT2D eigenvalue weighted by atomic mass is 10.1. The number of carbonyl (C=O) groups is 2. The molecule has 0 aliphatic rings. The maximum Gasteiger partial charge on any atom is 0.238 e. The van der Waals surface area contributed by atoms with Crippen LogP contribution < -0.4 is 10.6 Å². The quantitative estimate of drug-likeness (QED) is 0.805. The maximum atomic E-state index is 13.6. The number of hydrogen-bond acceptors (Lipinski definition) is 3. The summed E-state index contributed by atoms with van der Waals surface area (Å²) in [5.74, 6) is -1.70. The van der Waals surface area contributed by atoms with Crippen molar-refractivity contribution in [2.75, 3.05) is 11.9 Å². The van der Waals surface area contributed by atoms with E-state index < -0.39 is 11.7 Å². The van der Waals surface area contributed by atoms with Crippen molar-refractivity contribution < 1.29 is 18.4 Å². The van der Waals surface area contributed by atoms with Gasteiger partial charge in [0, 0.05) is 17.7 Å². The van der Waals surface area contributed by atoms with Crippen molar-refractivity contribution in [3.8, 4) is 0 Å². The van der Waals surface area contributed by atoms with Gasteiger partial charge in [0.15, 0.2) is 5.78 Å². The molecular formula is C17H16F2N2O2. The van der Waals surface area contributed by atoms with Crippen molar-refractivity contribution in [1.82, 2.24) is 5.32 Å². The van der Waals surface area contributed by atoms with Crippen LogP contribution in [-0.2, 0) is 11.3 Å². The third-order valence-corrected chi connectivity index (χ3v) is 3.21. The molecule has 0 spiro atoms. The van der Waals surface area contributed by atoms with Crippen LogP contribution in [0, 0.1) is 11.6 Å². The van der Waals surface area contributed by atoms with Crippen LogP contribution in [0.4, 0.5) is 14.5 Å². The van der Waals surface area contributed by atoms with Crippen LogP contribution in [-0.4, -0.2) is 18.2 Å². The highest BCUT2D eigenvalue weighted by Crippen LogP contribution is 2.16. The number of benzene rings is 2. The molecule has 0 heterocycles. The summed E-state index contributed by atoms with van der Waals surface area (Å²) in [7, 11) is 0. The van der Waals surface area contributed by atoms with E-state index in [0.717, 1.165) is 6.07 Å². The first-order valence-electron chi connectivity index (χ1n) is 7.02.